The second-order valence-corrected chi connectivity index (χ2v) is 6.26. The van der Waals surface area contributed by atoms with Crippen molar-refractivity contribution in [1.82, 2.24) is 4.72 Å². The van der Waals surface area contributed by atoms with E-state index in [1.54, 1.807) is 0 Å². The number of hydrogen-bond donors (Lipinski definition) is 1. The number of nitrogens with zero attached hydrogens (tertiary/aromatic N) is 1. The molecule has 0 atom stereocenters. The van der Waals surface area contributed by atoms with Gasteiger partial charge >= 0.3 is 5.69 Å². The van der Waals surface area contributed by atoms with Gasteiger partial charge in [-0.15, -0.1) is 0 Å². The SMILES string of the molecule is CCC(CC)CNS(=O)(=O)c1cc([N+](=O)[O-])c(F)cc1F. The molecule has 21 heavy (non-hydrogen) atoms. The molecular weight excluding hydrogens is 306 g/mol. The summed E-state index contributed by atoms with van der Waals surface area (Å²) in [5, 5.41) is 10.6. The Labute approximate surface area is 121 Å². The van der Waals surface area contributed by atoms with E-state index in [-0.39, 0.29) is 18.5 Å². The maximum absolute atomic E-state index is 13.6. The minimum absolute atomic E-state index is 0.0678. The van der Waals surface area contributed by atoms with Gasteiger partial charge in [-0.25, -0.2) is 17.5 Å². The minimum Gasteiger partial charge on any atom is -0.258 e. The maximum Gasteiger partial charge on any atom is 0.306 e. The second kappa shape index (κ2) is 6.90. The van der Waals surface area contributed by atoms with Gasteiger partial charge in [-0.1, -0.05) is 26.7 Å². The van der Waals surface area contributed by atoms with Gasteiger partial charge in [0.25, 0.3) is 0 Å². The molecule has 0 saturated carbocycles. The number of benzene rings is 1. The van der Waals surface area contributed by atoms with Crippen LogP contribution in [0.1, 0.15) is 26.7 Å². The molecule has 0 radical (unpaired) electrons. The van der Waals surface area contributed by atoms with Gasteiger partial charge in [-0.2, -0.15) is 4.39 Å². The van der Waals surface area contributed by atoms with Crippen molar-refractivity contribution in [3.05, 3.63) is 33.9 Å². The molecule has 1 aromatic rings. The van der Waals surface area contributed by atoms with E-state index in [4.69, 9.17) is 0 Å². The van der Waals surface area contributed by atoms with Crippen molar-refractivity contribution in [2.24, 2.45) is 5.92 Å². The summed E-state index contributed by atoms with van der Waals surface area (Å²) in [4.78, 5) is 8.57. The van der Waals surface area contributed by atoms with Crippen molar-refractivity contribution in [3.8, 4) is 0 Å². The molecule has 0 unspecified atom stereocenters. The lowest BCUT2D eigenvalue weighted by molar-refractivity contribution is -0.387. The Balaban J connectivity index is 3.13. The van der Waals surface area contributed by atoms with Crippen molar-refractivity contribution >= 4 is 15.7 Å². The maximum atomic E-state index is 13.6. The smallest absolute Gasteiger partial charge is 0.258 e. The van der Waals surface area contributed by atoms with Crippen LogP contribution in [0.5, 0.6) is 0 Å². The molecule has 1 rings (SSSR count). The van der Waals surface area contributed by atoms with E-state index >= 15 is 0 Å². The highest BCUT2D eigenvalue weighted by molar-refractivity contribution is 7.89. The largest absolute Gasteiger partial charge is 0.306 e. The number of nitro benzene ring substituents is 1. The van der Waals surface area contributed by atoms with Gasteiger partial charge in [-0.05, 0) is 5.92 Å². The highest BCUT2D eigenvalue weighted by Crippen LogP contribution is 2.24. The molecule has 0 aliphatic carbocycles. The Bertz CT molecular complexity index is 630. The third-order valence-electron chi connectivity index (χ3n) is 3.20. The Morgan fingerprint density at radius 2 is 1.81 bits per heavy atom. The van der Waals surface area contributed by atoms with Crippen LogP contribution in [-0.2, 0) is 10.0 Å². The van der Waals surface area contributed by atoms with E-state index in [1.807, 2.05) is 13.8 Å². The van der Waals surface area contributed by atoms with Crippen LogP contribution in [0.2, 0.25) is 0 Å². The third kappa shape index (κ3) is 4.18. The summed E-state index contributed by atoms with van der Waals surface area (Å²) in [7, 11) is -4.28. The summed E-state index contributed by atoms with van der Waals surface area (Å²) in [5.74, 6) is -2.72. The molecular formula is C12H16F2N2O4S. The van der Waals surface area contributed by atoms with Crippen molar-refractivity contribution in [2.45, 2.75) is 31.6 Å². The molecule has 0 fully saturated rings. The molecule has 0 bridgehead atoms. The number of nitrogens with one attached hydrogen (secondary N) is 1. The van der Waals surface area contributed by atoms with E-state index in [2.05, 4.69) is 4.72 Å². The molecule has 0 spiro atoms. The number of nitro groups is 1. The number of halogens is 2. The fraction of sp³-hybridized carbons (Fsp3) is 0.500. The highest BCUT2D eigenvalue weighted by atomic mass is 32.2. The van der Waals surface area contributed by atoms with E-state index < -0.39 is 37.2 Å². The van der Waals surface area contributed by atoms with Crippen molar-refractivity contribution in [3.63, 3.8) is 0 Å². The lowest BCUT2D eigenvalue weighted by atomic mass is 10.0. The number of hydrogen-bond acceptors (Lipinski definition) is 4. The van der Waals surface area contributed by atoms with E-state index in [0.29, 0.717) is 6.07 Å². The molecule has 9 heteroatoms. The molecule has 1 N–H and O–H groups in total. The van der Waals surface area contributed by atoms with E-state index in [0.717, 1.165) is 12.8 Å². The van der Waals surface area contributed by atoms with Gasteiger partial charge in [0.2, 0.25) is 15.8 Å². The highest BCUT2D eigenvalue weighted by Gasteiger charge is 2.26. The monoisotopic (exact) mass is 322 g/mol. The normalized spacial score (nSPS) is 11.9. The van der Waals surface area contributed by atoms with Crippen LogP contribution in [-0.4, -0.2) is 19.9 Å². The Morgan fingerprint density at radius 3 is 2.29 bits per heavy atom. The molecule has 0 aliphatic rings. The van der Waals surface area contributed by atoms with Gasteiger partial charge in [-0.3, -0.25) is 10.1 Å². The van der Waals surface area contributed by atoms with Crippen LogP contribution in [0.3, 0.4) is 0 Å². The second-order valence-electron chi connectivity index (χ2n) is 4.53. The standard InChI is InChI=1S/C12H16F2N2O4S/c1-3-8(4-2)7-15-21(19,20)12-6-11(16(17)18)9(13)5-10(12)14/h5-6,8,15H,3-4,7H2,1-2H3. The first-order chi connectivity index (χ1) is 9.72. The van der Waals surface area contributed by atoms with Crippen molar-refractivity contribution in [2.75, 3.05) is 6.54 Å². The zero-order chi connectivity index (χ0) is 16.2. The summed E-state index contributed by atoms with van der Waals surface area (Å²) in [6.45, 7) is 3.84. The summed E-state index contributed by atoms with van der Waals surface area (Å²) in [5.41, 5.74) is -1.08. The quantitative estimate of drug-likeness (QED) is 0.617. The van der Waals surface area contributed by atoms with E-state index in [1.165, 1.54) is 0 Å². The van der Waals surface area contributed by atoms with Gasteiger partial charge in [0.15, 0.2) is 0 Å². The Morgan fingerprint density at radius 1 is 1.24 bits per heavy atom. The predicted molar refractivity (Wildman–Crippen MR) is 72.3 cm³/mol. The summed E-state index contributed by atoms with van der Waals surface area (Å²) < 4.78 is 52.9. The fourth-order valence-corrected chi connectivity index (χ4v) is 2.94. The van der Waals surface area contributed by atoms with Crippen LogP contribution >= 0.6 is 0 Å². The molecule has 0 aromatic heterocycles. The third-order valence-corrected chi connectivity index (χ3v) is 4.64. The van der Waals surface area contributed by atoms with Crippen LogP contribution < -0.4 is 4.72 Å². The Hall–Kier alpha value is -1.61. The van der Waals surface area contributed by atoms with Crippen molar-refractivity contribution < 1.29 is 22.1 Å². The van der Waals surface area contributed by atoms with Crippen molar-refractivity contribution in [1.29, 1.82) is 0 Å². The van der Waals surface area contributed by atoms with Crippen LogP contribution in [0, 0.1) is 27.7 Å². The number of rotatable bonds is 7. The summed E-state index contributed by atoms with van der Waals surface area (Å²) >= 11 is 0. The topological polar surface area (TPSA) is 89.3 Å². The first kappa shape index (κ1) is 17.4. The summed E-state index contributed by atoms with van der Waals surface area (Å²) in [6.07, 6.45) is 1.45. The van der Waals surface area contributed by atoms with E-state index in [9.17, 15) is 27.3 Å². The molecule has 1 aromatic carbocycles. The van der Waals surface area contributed by atoms with Gasteiger partial charge < -0.3 is 0 Å². The average molecular weight is 322 g/mol. The predicted octanol–water partition coefficient (Wildman–Crippen LogP) is 2.59. The molecule has 0 aliphatic heterocycles. The van der Waals surface area contributed by atoms with Crippen LogP contribution in [0.15, 0.2) is 17.0 Å². The first-order valence-electron chi connectivity index (χ1n) is 6.36. The lowest BCUT2D eigenvalue weighted by Gasteiger charge is -2.14. The number of sulfonamides is 1. The fourth-order valence-electron chi connectivity index (χ4n) is 1.75. The minimum atomic E-state index is -4.28. The molecule has 0 saturated heterocycles. The Kier molecular flexibility index (Phi) is 5.73. The lowest BCUT2D eigenvalue weighted by Crippen LogP contribution is -2.29. The van der Waals surface area contributed by atoms with Gasteiger partial charge in [0.05, 0.1) is 4.92 Å². The van der Waals surface area contributed by atoms with Gasteiger partial charge in [0.1, 0.15) is 10.7 Å². The van der Waals surface area contributed by atoms with Crippen LogP contribution in [0.25, 0.3) is 0 Å². The van der Waals surface area contributed by atoms with Gasteiger partial charge in [0, 0.05) is 18.7 Å². The molecule has 118 valence electrons. The van der Waals surface area contributed by atoms with Crippen LogP contribution in [0.4, 0.5) is 14.5 Å². The zero-order valence-corrected chi connectivity index (χ0v) is 12.4. The first-order valence-corrected chi connectivity index (χ1v) is 7.84. The molecule has 6 nitrogen and oxygen atoms in total. The average Bonchev–Trinajstić information content (AvgIpc) is 2.38. The zero-order valence-electron chi connectivity index (χ0n) is 11.6. The molecule has 0 amide bonds. The summed E-state index contributed by atoms with van der Waals surface area (Å²) in [6, 6.07) is 0.587. The molecule has 0 heterocycles.